The van der Waals surface area contributed by atoms with Crippen molar-refractivity contribution in [2.45, 2.75) is 19.1 Å². The molecule has 1 aliphatic rings. The van der Waals surface area contributed by atoms with Gasteiger partial charge in [-0.25, -0.2) is 13.6 Å². The van der Waals surface area contributed by atoms with Crippen molar-refractivity contribution in [3.63, 3.8) is 0 Å². The first-order valence-electron chi connectivity index (χ1n) is 6.65. The Bertz CT molecular complexity index is 576. The van der Waals surface area contributed by atoms with E-state index in [1.54, 1.807) is 0 Å². The summed E-state index contributed by atoms with van der Waals surface area (Å²) in [6.07, 6.45) is -1.33. The molecule has 2 amide bonds. The summed E-state index contributed by atoms with van der Waals surface area (Å²) in [6.45, 7) is 2.21. The smallest absolute Gasteiger partial charge is 0.409 e. The van der Waals surface area contributed by atoms with Gasteiger partial charge in [-0.1, -0.05) is 0 Å². The molecule has 22 heavy (non-hydrogen) atoms. The van der Waals surface area contributed by atoms with Gasteiger partial charge in [-0.15, -0.1) is 0 Å². The number of likely N-dealkylation sites (tertiary alicyclic amines) is 1. The van der Waals surface area contributed by atoms with Crippen LogP contribution in [0.1, 0.15) is 6.92 Å². The number of nitrogens with zero attached hydrogens (tertiary/aromatic N) is 1. The van der Waals surface area contributed by atoms with Gasteiger partial charge in [0.1, 0.15) is 5.75 Å². The van der Waals surface area contributed by atoms with Gasteiger partial charge in [0, 0.05) is 19.2 Å². The third kappa shape index (κ3) is 3.63. The number of carbonyl (C=O) groups is 2. The third-order valence-electron chi connectivity index (χ3n) is 3.23. The number of rotatable bonds is 4. The predicted octanol–water partition coefficient (Wildman–Crippen LogP) is 1.30. The van der Waals surface area contributed by atoms with E-state index in [0.29, 0.717) is 13.1 Å². The number of nitrogens with one attached hydrogen (secondary N) is 1. The van der Waals surface area contributed by atoms with Gasteiger partial charge in [0.05, 0.1) is 13.2 Å². The van der Waals surface area contributed by atoms with E-state index in [0.717, 1.165) is 12.1 Å². The van der Waals surface area contributed by atoms with Crippen LogP contribution < -0.4 is 10.1 Å². The van der Waals surface area contributed by atoms with Gasteiger partial charge in [-0.3, -0.25) is 4.79 Å². The first-order valence-corrected chi connectivity index (χ1v) is 6.65. The maximum absolute atomic E-state index is 13.1. The van der Waals surface area contributed by atoms with Gasteiger partial charge in [0.2, 0.25) is 0 Å². The SMILES string of the molecule is COC(=O)N1CC(NC(=O)[C@H](C)Oc2ccc(F)c(F)c2)C1. The molecule has 1 N–H and O–H groups in total. The van der Waals surface area contributed by atoms with Crippen molar-refractivity contribution in [1.29, 1.82) is 0 Å². The zero-order valence-electron chi connectivity index (χ0n) is 12.1. The van der Waals surface area contributed by atoms with Crippen molar-refractivity contribution in [3.05, 3.63) is 29.8 Å². The lowest BCUT2D eigenvalue weighted by atomic mass is 10.1. The van der Waals surface area contributed by atoms with Crippen molar-refractivity contribution < 1.29 is 27.8 Å². The maximum atomic E-state index is 13.1. The molecule has 0 radical (unpaired) electrons. The van der Waals surface area contributed by atoms with Crippen LogP contribution in [0.25, 0.3) is 0 Å². The highest BCUT2D eigenvalue weighted by atomic mass is 19.2. The Morgan fingerprint density at radius 2 is 2.00 bits per heavy atom. The van der Waals surface area contributed by atoms with Gasteiger partial charge in [-0.05, 0) is 19.1 Å². The highest BCUT2D eigenvalue weighted by Crippen LogP contribution is 2.17. The largest absolute Gasteiger partial charge is 0.481 e. The van der Waals surface area contributed by atoms with Crippen LogP contribution in [-0.2, 0) is 9.53 Å². The van der Waals surface area contributed by atoms with Crippen LogP contribution in [0.15, 0.2) is 18.2 Å². The zero-order chi connectivity index (χ0) is 16.3. The van der Waals surface area contributed by atoms with E-state index in [1.807, 2.05) is 0 Å². The van der Waals surface area contributed by atoms with Crippen molar-refractivity contribution in [3.8, 4) is 5.75 Å². The highest BCUT2D eigenvalue weighted by Gasteiger charge is 2.33. The molecule has 8 heteroatoms. The lowest BCUT2D eigenvalue weighted by Gasteiger charge is -2.38. The Morgan fingerprint density at radius 1 is 1.32 bits per heavy atom. The van der Waals surface area contributed by atoms with Crippen molar-refractivity contribution in [2.24, 2.45) is 0 Å². The number of ether oxygens (including phenoxy) is 2. The van der Waals surface area contributed by atoms with Crippen LogP contribution in [0.3, 0.4) is 0 Å². The number of carbonyl (C=O) groups excluding carboxylic acids is 2. The molecular weight excluding hydrogens is 298 g/mol. The van der Waals surface area contributed by atoms with E-state index in [4.69, 9.17) is 4.74 Å². The normalized spacial score (nSPS) is 15.7. The summed E-state index contributed by atoms with van der Waals surface area (Å²) in [5.41, 5.74) is 0. The second-order valence-electron chi connectivity index (χ2n) is 4.92. The summed E-state index contributed by atoms with van der Waals surface area (Å²) < 4.78 is 35.6. The summed E-state index contributed by atoms with van der Waals surface area (Å²) in [4.78, 5) is 24.5. The van der Waals surface area contributed by atoms with E-state index < -0.39 is 29.7 Å². The maximum Gasteiger partial charge on any atom is 0.409 e. The van der Waals surface area contributed by atoms with Gasteiger partial charge < -0.3 is 19.7 Å². The molecule has 1 fully saturated rings. The molecule has 0 saturated carbocycles. The van der Waals surface area contributed by atoms with Crippen LogP contribution in [0.2, 0.25) is 0 Å². The van der Waals surface area contributed by atoms with E-state index in [2.05, 4.69) is 10.1 Å². The number of methoxy groups -OCH3 is 1. The predicted molar refractivity (Wildman–Crippen MR) is 72.4 cm³/mol. The number of benzene rings is 1. The Labute approximate surface area is 126 Å². The molecule has 2 rings (SSSR count). The third-order valence-corrected chi connectivity index (χ3v) is 3.23. The number of amides is 2. The van der Waals surface area contributed by atoms with Gasteiger partial charge in [0.15, 0.2) is 17.7 Å². The molecule has 1 atom stereocenters. The molecule has 1 heterocycles. The van der Waals surface area contributed by atoms with Crippen LogP contribution in [0.5, 0.6) is 5.75 Å². The van der Waals surface area contributed by atoms with E-state index in [9.17, 15) is 18.4 Å². The van der Waals surface area contributed by atoms with Crippen LogP contribution >= 0.6 is 0 Å². The second kappa shape index (κ2) is 6.59. The minimum Gasteiger partial charge on any atom is -0.481 e. The Balaban J connectivity index is 1.80. The first kappa shape index (κ1) is 16.0. The lowest BCUT2D eigenvalue weighted by Crippen LogP contribution is -2.62. The molecule has 120 valence electrons. The Hall–Kier alpha value is -2.38. The van der Waals surface area contributed by atoms with Gasteiger partial charge in [0.25, 0.3) is 5.91 Å². The summed E-state index contributed by atoms with van der Waals surface area (Å²) in [6, 6.07) is 2.86. The second-order valence-corrected chi connectivity index (χ2v) is 4.92. The van der Waals surface area contributed by atoms with E-state index in [1.165, 1.54) is 25.0 Å². The summed E-state index contributed by atoms with van der Waals surface area (Å²) in [5, 5.41) is 2.69. The van der Waals surface area contributed by atoms with Gasteiger partial charge in [-0.2, -0.15) is 0 Å². The van der Waals surface area contributed by atoms with Crippen LogP contribution in [-0.4, -0.2) is 49.2 Å². The molecule has 6 nitrogen and oxygen atoms in total. The highest BCUT2D eigenvalue weighted by molar-refractivity contribution is 5.81. The molecule has 1 aliphatic heterocycles. The molecule has 1 aromatic carbocycles. The molecule has 0 bridgehead atoms. The molecule has 0 aliphatic carbocycles. The summed E-state index contributed by atoms with van der Waals surface area (Å²) in [7, 11) is 1.28. The van der Waals surface area contributed by atoms with Gasteiger partial charge >= 0.3 is 6.09 Å². The summed E-state index contributed by atoms with van der Waals surface area (Å²) in [5.74, 6) is -2.37. The minimum atomic E-state index is -1.04. The average molecular weight is 314 g/mol. The van der Waals surface area contributed by atoms with Crippen LogP contribution in [0, 0.1) is 11.6 Å². The number of hydrogen-bond donors (Lipinski definition) is 1. The number of hydrogen-bond acceptors (Lipinski definition) is 4. The minimum absolute atomic E-state index is 0.0614. The summed E-state index contributed by atoms with van der Waals surface area (Å²) >= 11 is 0. The van der Waals surface area contributed by atoms with Crippen molar-refractivity contribution in [1.82, 2.24) is 10.2 Å². The quantitative estimate of drug-likeness (QED) is 0.909. The molecule has 1 saturated heterocycles. The lowest BCUT2D eigenvalue weighted by molar-refractivity contribution is -0.129. The fraction of sp³-hybridized carbons (Fsp3) is 0.429. The molecule has 0 spiro atoms. The Kier molecular flexibility index (Phi) is 4.79. The van der Waals surface area contributed by atoms with Crippen LogP contribution in [0.4, 0.5) is 13.6 Å². The Morgan fingerprint density at radius 3 is 2.59 bits per heavy atom. The molecular formula is C14H16F2N2O4. The van der Waals surface area contributed by atoms with E-state index in [-0.39, 0.29) is 11.8 Å². The monoisotopic (exact) mass is 314 g/mol. The standard InChI is InChI=1S/C14H16F2N2O4/c1-8(22-10-3-4-11(15)12(16)5-10)13(19)17-9-6-18(7-9)14(20)21-2/h3-5,8-9H,6-7H2,1-2H3,(H,17,19)/t8-/m0/s1. The zero-order valence-corrected chi connectivity index (χ0v) is 12.1. The molecule has 0 aromatic heterocycles. The number of halogens is 2. The first-order chi connectivity index (χ1) is 10.4. The fourth-order valence-electron chi connectivity index (χ4n) is 1.97. The average Bonchev–Trinajstić information content (AvgIpc) is 2.45. The van der Waals surface area contributed by atoms with E-state index >= 15 is 0 Å². The molecule has 1 aromatic rings. The fourth-order valence-corrected chi connectivity index (χ4v) is 1.97. The topological polar surface area (TPSA) is 67.9 Å². The molecule has 0 unspecified atom stereocenters. The van der Waals surface area contributed by atoms with Crippen molar-refractivity contribution >= 4 is 12.0 Å². The van der Waals surface area contributed by atoms with Crippen molar-refractivity contribution in [2.75, 3.05) is 20.2 Å².